The van der Waals surface area contributed by atoms with Gasteiger partial charge in [-0.15, -0.1) is 11.8 Å². The van der Waals surface area contributed by atoms with Gasteiger partial charge < -0.3 is 0 Å². The Bertz CT molecular complexity index is 289. The van der Waals surface area contributed by atoms with Crippen molar-refractivity contribution < 1.29 is 0 Å². The van der Waals surface area contributed by atoms with Gasteiger partial charge in [-0.25, -0.2) is 9.97 Å². The number of rotatable bonds is 5. The Morgan fingerprint density at radius 1 is 1.13 bits per heavy atom. The van der Waals surface area contributed by atoms with Crippen LogP contribution >= 0.6 is 23.5 Å². The molecule has 4 heteroatoms. The fourth-order valence-electron chi connectivity index (χ4n) is 1.13. The summed E-state index contributed by atoms with van der Waals surface area (Å²) in [6, 6.07) is 2.11. The maximum atomic E-state index is 4.54. The first-order valence-corrected chi connectivity index (χ1v) is 7.29. The van der Waals surface area contributed by atoms with Crippen LogP contribution in [0, 0.1) is 0 Å². The maximum absolute atomic E-state index is 4.54. The first-order valence-electron chi connectivity index (χ1n) is 5.31. The van der Waals surface area contributed by atoms with Gasteiger partial charge in [-0.2, -0.15) is 0 Å². The standard InChI is InChI=1S/C11H18N2S2/c1-5-14-10-7-9(8(3)4)12-11(13-10)15-6-2/h7-8H,5-6H2,1-4H3. The molecular weight excluding hydrogens is 224 g/mol. The zero-order chi connectivity index (χ0) is 11.3. The molecule has 2 nitrogen and oxygen atoms in total. The van der Waals surface area contributed by atoms with Gasteiger partial charge in [-0.1, -0.05) is 39.5 Å². The monoisotopic (exact) mass is 242 g/mol. The van der Waals surface area contributed by atoms with Crippen LogP contribution in [-0.4, -0.2) is 21.5 Å². The summed E-state index contributed by atoms with van der Waals surface area (Å²) in [5.74, 6) is 2.56. The third-order valence-electron chi connectivity index (χ3n) is 1.86. The Hall–Kier alpha value is -0.220. The van der Waals surface area contributed by atoms with Crippen molar-refractivity contribution in [2.24, 2.45) is 0 Å². The van der Waals surface area contributed by atoms with Crippen LogP contribution in [0.1, 0.15) is 39.3 Å². The van der Waals surface area contributed by atoms with Crippen molar-refractivity contribution in [2.45, 2.75) is 43.8 Å². The normalized spacial score (nSPS) is 11.0. The number of hydrogen-bond donors (Lipinski definition) is 0. The van der Waals surface area contributed by atoms with E-state index in [0.717, 1.165) is 27.4 Å². The minimum Gasteiger partial charge on any atom is -0.227 e. The van der Waals surface area contributed by atoms with E-state index in [2.05, 4.69) is 43.7 Å². The first kappa shape index (κ1) is 12.8. The van der Waals surface area contributed by atoms with E-state index >= 15 is 0 Å². The largest absolute Gasteiger partial charge is 0.227 e. The highest BCUT2D eigenvalue weighted by atomic mass is 32.2. The third kappa shape index (κ3) is 4.03. The number of thioether (sulfide) groups is 2. The SMILES string of the molecule is CCSc1cc(C(C)C)nc(SCC)n1. The second kappa shape index (κ2) is 6.38. The van der Waals surface area contributed by atoms with Crippen molar-refractivity contribution in [3.8, 4) is 0 Å². The molecule has 0 aliphatic carbocycles. The summed E-state index contributed by atoms with van der Waals surface area (Å²) >= 11 is 3.49. The molecule has 0 saturated carbocycles. The summed E-state index contributed by atoms with van der Waals surface area (Å²) in [6.45, 7) is 8.61. The number of aromatic nitrogens is 2. The van der Waals surface area contributed by atoms with Gasteiger partial charge >= 0.3 is 0 Å². The molecule has 0 radical (unpaired) electrons. The van der Waals surface area contributed by atoms with E-state index in [1.807, 2.05) is 0 Å². The number of nitrogens with zero attached hydrogens (tertiary/aromatic N) is 2. The number of hydrogen-bond acceptors (Lipinski definition) is 4. The second-order valence-electron chi connectivity index (χ2n) is 3.43. The molecule has 0 atom stereocenters. The van der Waals surface area contributed by atoms with Gasteiger partial charge in [0, 0.05) is 5.69 Å². The topological polar surface area (TPSA) is 25.8 Å². The highest BCUT2D eigenvalue weighted by Crippen LogP contribution is 2.23. The molecular formula is C11H18N2S2. The van der Waals surface area contributed by atoms with E-state index in [1.54, 1.807) is 23.5 Å². The predicted molar refractivity (Wildman–Crippen MR) is 68.9 cm³/mol. The highest BCUT2D eigenvalue weighted by molar-refractivity contribution is 7.99. The predicted octanol–water partition coefficient (Wildman–Crippen LogP) is 3.82. The molecule has 0 saturated heterocycles. The minimum absolute atomic E-state index is 0.473. The highest BCUT2D eigenvalue weighted by Gasteiger charge is 2.07. The quantitative estimate of drug-likeness (QED) is 0.445. The summed E-state index contributed by atoms with van der Waals surface area (Å²) in [6.07, 6.45) is 0. The minimum atomic E-state index is 0.473. The Kier molecular flexibility index (Phi) is 5.47. The van der Waals surface area contributed by atoms with Crippen molar-refractivity contribution in [2.75, 3.05) is 11.5 Å². The molecule has 0 aliphatic rings. The van der Waals surface area contributed by atoms with Gasteiger partial charge in [0.1, 0.15) is 5.03 Å². The second-order valence-corrected chi connectivity index (χ2v) is 5.95. The van der Waals surface area contributed by atoms with Gasteiger partial charge in [0.25, 0.3) is 0 Å². The Labute approximate surface area is 101 Å². The molecule has 1 aromatic heterocycles. The van der Waals surface area contributed by atoms with Crippen molar-refractivity contribution in [1.29, 1.82) is 0 Å². The van der Waals surface area contributed by atoms with Crippen LogP contribution in [0.5, 0.6) is 0 Å². The van der Waals surface area contributed by atoms with Crippen molar-refractivity contribution in [3.63, 3.8) is 0 Å². The summed E-state index contributed by atoms with van der Waals surface area (Å²) < 4.78 is 0. The van der Waals surface area contributed by atoms with Crippen LogP contribution in [0.25, 0.3) is 0 Å². The van der Waals surface area contributed by atoms with Crippen LogP contribution in [0.4, 0.5) is 0 Å². The van der Waals surface area contributed by atoms with Crippen LogP contribution in [0.2, 0.25) is 0 Å². The first-order chi connectivity index (χ1) is 7.17. The lowest BCUT2D eigenvalue weighted by Gasteiger charge is -2.08. The van der Waals surface area contributed by atoms with Crippen LogP contribution < -0.4 is 0 Å². The molecule has 1 aromatic rings. The molecule has 15 heavy (non-hydrogen) atoms. The lowest BCUT2D eigenvalue weighted by molar-refractivity contribution is 0.754. The fraction of sp³-hybridized carbons (Fsp3) is 0.636. The molecule has 0 unspecified atom stereocenters. The zero-order valence-corrected chi connectivity index (χ0v) is 11.4. The summed E-state index contributed by atoms with van der Waals surface area (Å²) in [5.41, 5.74) is 1.15. The van der Waals surface area contributed by atoms with Gasteiger partial charge in [0.2, 0.25) is 0 Å². The lowest BCUT2D eigenvalue weighted by atomic mass is 10.1. The average molecular weight is 242 g/mol. The van der Waals surface area contributed by atoms with Gasteiger partial charge in [0.15, 0.2) is 5.16 Å². The Balaban J connectivity index is 2.97. The van der Waals surface area contributed by atoms with Gasteiger partial charge in [-0.05, 0) is 23.5 Å². The molecule has 0 bridgehead atoms. The van der Waals surface area contributed by atoms with Gasteiger partial charge in [0.05, 0.1) is 0 Å². The molecule has 1 heterocycles. The molecule has 0 aromatic carbocycles. The van der Waals surface area contributed by atoms with Crippen LogP contribution in [0.3, 0.4) is 0 Å². The zero-order valence-electron chi connectivity index (χ0n) is 9.78. The van der Waals surface area contributed by atoms with Crippen LogP contribution in [-0.2, 0) is 0 Å². The van der Waals surface area contributed by atoms with Crippen molar-refractivity contribution >= 4 is 23.5 Å². The molecule has 0 spiro atoms. The smallest absolute Gasteiger partial charge is 0.188 e. The Morgan fingerprint density at radius 3 is 2.33 bits per heavy atom. The fourth-order valence-corrected chi connectivity index (χ4v) is 2.43. The Morgan fingerprint density at radius 2 is 1.80 bits per heavy atom. The van der Waals surface area contributed by atoms with E-state index in [-0.39, 0.29) is 0 Å². The summed E-state index contributed by atoms with van der Waals surface area (Å²) in [4.78, 5) is 9.05. The third-order valence-corrected chi connectivity index (χ3v) is 3.38. The van der Waals surface area contributed by atoms with E-state index < -0.39 is 0 Å². The summed E-state index contributed by atoms with van der Waals surface area (Å²) in [7, 11) is 0. The lowest BCUT2D eigenvalue weighted by Crippen LogP contribution is -1.98. The van der Waals surface area contributed by atoms with E-state index in [0.29, 0.717) is 5.92 Å². The average Bonchev–Trinajstić information content (AvgIpc) is 2.18. The molecule has 84 valence electrons. The molecule has 0 fully saturated rings. The van der Waals surface area contributed by atoms with E-state index in [9.17, 15) is 0 Å². The van der Waals surface area contributed by atoms with Crippen molar-refractivity contribution in [3.05, 3.63) is 11.8 Å². The van der Waals surface area contributed by atoms with E-state index in [1.165, 1.54) is 0 Å². The van der Waals surface area contributed by atoms with Crippen LogP contribution in [0.15, 0.2) is 16.2 Å². The molecule has 0 N–H and O–H groups in total. The van der Waals surface area contributed by atoms with Gasteiger partial charge in [-0.3, -0.25) is 0 Å². The summed E-state index contributed by atoms with van der Waals surface area (Å²) in [5, 5.41) is 2.02. The van der Waals surface area contributed by atoms with Crippen molar-refractivity contribution in [1.82, 2.24) is 9.97 Å². The van der Waals surface area contributed by atoms with E-state index in [4.69, 9.17) is 0 Å². The molecule has 0 amide bonds. The maximum Gasteiger partial charge on any atom is 0.188 e. The molecule has 1 rings (SSSR count). The molecule has 0 aliphatic heterocycles.